The second-order valence-electron chi connectivity index (χ2n) is 18.6. The van der Waals surface area contributed by atoms with E-state index in [1.165, 1.54) is 99.5 Å². The van der Waals surface area contributed by atoms with Gasteiger partial charge in [-0.1, -0.05) is 0 Å². The molecule has 8 aromatic rings. The summed E-state index contributed by atoms with van der Waals surface area (Å²) in [5.74, 6) is -1.24. The topological polar surface area (TPSA) is 0 Å². The Morgan fingerprint density at radius 3 is 1.08 bits per heavy atom. The van der Waals surface area contributed by atoms with Crippen LogP contribution >= 0.6 is 17.0 Å². The normalized spacial score (nSPS) is 16.7. The number of benzene rings is 8. The molecule has 2 unspecified atom stereocenters. The fraction of sp³-hybridized carbons (Fsp3) is 0.172. The zero-order valence-corrected chi connectivity index (χ0v) is 41.6. The summed E-state index contributed by atoms with van der Waals surface area (Å²) in [5, 5.41) is 5.02. The molecule has 0 bridgehead atoms. The van der Waals surface area contributed by atoms with Crippen LogP contribution in [0.3, 0.4) is 0 Å². The molecule has 0 saturated carbocycles. The molecule has 2 aliphatic rings. The van der Waals surface area contributed by atoms with Crippen LogP contribution in [0.4, 0.5) is 0 Å². The van der Waals surface area contributed by atoms with Crippen LogP contribution in [0.1, 0.15) is 57.2 Å². The molecule has 0 heterocycles. The van der Waals surface area contributed by atoms with Gasteiger partial charge in [-0.2, -0.15) is 0 Å². The molecule has 0 N–H and O–H groups in total. The minimum atomic E-state index is -5.12. The molecule has 0 aliphatic heterocycles. The molecule has 0 fully saturated rings. The molecule has 10 rings (SSSR count). The first-order chi connectivity index (χ1) is 30.0. The van der Waals surface area contributed by atoms with Gasteiger partial charge in [0.05, 0.1) is 0 Å². The zero-order valence-electron chi connectivity index (χ0n) is 36.5. The third-order valence-corrected chi connectivity index (χ3v) is 66.0. The molecular weight excluding hydrogens is 887 g/mol. The van der Waals surface area contributed by atoms with Crippen LogP contribution in [-0.2, 0) is 15.6 Å². The van der Waals surface area contributed by atoms with Gasteiger partial charge in [0.15, 0.2) is 0 Å². The standard InChI is InChI=1S/2C28H23.C2H7Si.2ClH.Zr/c2*1-19(2)22-17-21-11-8-16-27(28(21)18-22)26-14-6-5-13-25(26)24-15-7-10-20-9-3-4-12-23(20)24;1-3-2;;;/h2*3-19H,1-2H3;3H,1-2H3;2*1H;/q;;;;;+2/p-2. The second-order valence-corrected chi connectivity index (χ2v) is 61.1. The molecule has 2 aliphatic carbocycles. The molecule has 0 nitrogen and oxygen atoms in total. The van der Waals surface area contributed by atoms with E-state index in [-0.39, 0.29) is 19.1 Å². The zero-order chi connectivity index (χ0) is 42.9. The van der Waals surface area contributed by atoms with Gasteiger partial charge in [-0.15, -0.1) is 0 Å². The summed E-state index contributed by atoms with van der Waals surface area (Å²) in [6.07, 6.45) is 5.03. The van der Waals surface area contributed by atoms with Gasteiger partial charge in [-0.25, -0.2) is 0 Å². The van der Waals surface area contributed by atoms with Gasteiger partial charge in [0.1, 0.15) is 0 Å². The fourth-order valence-electron chi connectivity index (χ4n) is 11.2. The summed E-state index contributed by atoms with van der Waals surface area (Å²) in [6.45, 7) is 14.3. The minimum absolute atomic E-state index is 0.00386. The molecule has 0 amide bonds. The van der Waals surface area contributed by atoms with Crippen molar-refractivity contribution in [3.8, 4) is 44.5 Å². The van der Waals surface area contributed by atoms with E-state index in [9.17, 15) is 0 Å². The van der Waals surface area contributed by atoms with Crippen LogP contribution in [0.5, 0.6) is 0 Å². The van der Waals surface area contributed by atoms with Crippen molar-refractivity contribution in [2.45, 2.75) is 48.0 Å². The van der Waals surface area contributed by atoms with Crippen LogP contribution < -0.4 is 0 Å². The molecule has 4 heteroatoms. The molecule has 307 valence electrons. The van der Waals surface area contributed by atoms with Crippen LogP contribution in [0.25, 0.3) is 78.2 Å². The predicted octanol–water partition coefficient (Wildman–Crippen LogP) is 17.5. The van der Waals surface area contributed by atoms with Crippen LogP contribution in [0, 0.1) is 11.8 Å². The van der Waals surface area contributed by atoms with Gasteiger partial charge in [-0.3, -0.25) is 0 Å². The van der Waals surface area contributed by atoms with Gasteiger partial charge >= 0.3 is 380 Å². The first-order valence-electron chi connectivity index (χ1n) is 22.4. The Hall–Kier alpha value is -4.56. The molecular formula is C58H53Cl2SiZr. The Labute approximate surface area is 376 Å². The van der Waals surface area contributed by atoms with E-state index in [4.69, 9.17) is 17.0 Å². The van der Waals surface area contributed by atoms with Crippen LogP contribution in [0.2, 0.25) is 13.1 Å². The fourth-order valence-corrected chi connectivity index (χ4v) is 42.7. The Kier molecular flexibility index (Phi) is 10.6. The van der Waals surface area contributed by atoms with Gasteiger partial charge in [0.2, 0.25) is 0 Å². The van der Waals surface area contributed by atoms with Crippen LogP contribution in [0.15, 0.2) is 181 Å². The van der Waals surface area contributed by atoms with Gasteiger partial charge in [0.25, 0.3) is 0 Å². The SMILES string of the molecule is CC(C)C1=Cc2c(-c3ccccc3-c3cccc4ccccc34)cccc2[CH]1[Zr]([Cl])([Cl])([CH]1C(C(C)C)=Cc2c(-c3ccccc3-c3cccc4ccccc34)cccc21)[SiH](C)C. The van der Waals surface area contributed by atoms with Crippen molar-refractivity contribution in [3.63, 3.8) is 0 Å². The Balaban J connectivity index is 1.17. The Morgan fingerprint density at radius 2 is 0.694 bits per heavy atom. The second kappa shape index (κ2) is 15.9. The van der Waals surface area contributed by atoms with E-state index in [0.29, 0.717) is 0 Å². The summed E-state index contributed by atoms with van der Waals surface area (Å²) < 4.78 is -0.00772. The summed E-state index contributed by atoms with van der Waals surface area (Å²) in [4.78, 5) is 0. The number of rotatable bonds is 9. The molecule has 62 heavy (non-hydrogen) atoms. The van der Waals surface area contributed by atoms with Crippen molar-refractivity contribution in [2.24, 2.45) is 11.8 Å². The van der Waals surface area contributed by atoms with E-state index in [2.05, 4.69) is 223 Å². The van der Waals surface area contributed by atoms with Crippen molar-refractivity contribution < 1.29 is 15.6 Å². The third kappa shape index (κ3) is 6.46. The van der Waals surface area contributed by atoms with E-state index >= 15 is 0 Å². The number of fused-ring (bicyclic) bond motifs is 4. The van der Waals surface area contributed by atoms with Crippen molar-refractivity contribution in [2.75, 3.05) is 0 Å². The first kappa shape index (κ1) is 41.5. The molecule has 0 saturated heterocycles. The number of halogens is 2. The first-order valence-corrected chi connectivity index (χ1v) is 38.7. The van der Waals surface area contributed by atoms with Gasteiger partial charge < -0.3 is 0 Å². The number of hydrogen-bond donors (Lipinski definition) is 0. The van der Waals surface area contributed by atoms with Gasteiger partial charge in [0, 0.05) is 0 Å². The van der Waals surface area contributed by atoms with Crippen LogP contribution in [-0.4, -0.2) is 5.92 Å². The maximum absolute atomic E-state index is 9.01. The van der Waals surface area contributed by atoms with E-state index < -0.39 is 21.5 Å². The maximum atomic E-state index is 9.01. The molecule has 2 atom stereocenters. The average molecular weight is 940 g/mol. The monoisotopic (exact) mass is 937 g/mol. The Bertz CT molecular complexity index is 2920. The van der Waals surface area contributed by atoms with E-state index in [1.54, 1.807) is 0 Å². The summed E-state index contributed by atoms with van der Waals surface area (Å²) >= 11 is -5.12. The number of allylic oxidation sites excluding steroid dienone is 2. The van der Waals surface area contributed by atoms with Crippen molar-refractivity contribution in [3.05, 3.63) is 203 Å². The van der Waals surface area contributed by atoms with E-state index in [1.807, 2.05) is 0 Å². The predicted molar refractivity (Wildman–Crippen MR) is 271 cm³/mol. The third-order valence-electron chi connectivity index (χ3n) is 14.3. The van der Waals surface area contributed by atoms with Crippen molar-refractivity contribution >= 4 is 56.6 Å². The summed E-state index contributed by atoms with van der Waals surface area (Å²) in [7, 11) is 18.0. The summed E-state index contributed by atoms with van der Waals surface area (Å²) in [5.41, 5.74) is 18.0. The number of hydrogen-bond acceptors (Lipinski definition) is 0. The molecule has 0 aromatic heterocycles. The van der Waals surface area contributed by atoms with Crippen molar-refractivity contribution in [1.29, 1.82) is 0 Å². The Morgan fingerprint density at radius 1 is 0.387 bits per heavy atom. The average Bonchev–Trinajstić information content (AvgIpc) is 3.91. The molecule has 8 aromatic carbocycles. The van der Waals surface area contributed by atoms with E-state index in [0.717, 1.165) is 0 Å². The van der Waals surface area contributed by atoms with Gasteiger partial charge in [-0.05, 0) is 0 Å². The quantitative estimate of drug-likeness (QED) is 0.127. The molecule has 0 radical (unpaired) electrons. The van der Waals surface area contributed by atoms with Crippen molar-refractivity contribution in [1.82, 2.24) is 0 Å². The molecule has 0 spiro atoms. The summed E-state index contributed by atoms with van der Waals surface area (Å²) in [6, 6.07) is 62.6.